The highest BCUT2D eigenvalue weighted by Gasteiger charge is 2.34. The summed E-state index contributed by atoms with van der Waals surface area (Å²) in [6.07, 6.45) is -2.17. The molecule has 0 radical (unpaired) electrons. The minimum Gasteiger partial charge on any atom is -0.476 e. The van der Waals surface area contributed by atoms with E-state index in [4.69, 9.17) is 14.6 Å². The molecule has 13 heteroatoms. The number of aromatic nitrogens is 4. The van der Waals surface area contributed by atoms with E-state index in [0.29, 0.717) is 6.20 Å². The minimum absolute atomic E-state index is 0.0605. The molecule has 0 aromatic carbocycles. The molecule has 2 aromatic heterocycles. The highest BCUT2D eigenvalue weighted by atomic mass is 19.4. The summed E-state index contributed by atoms with van der Waals surface area (Å²) in [5, 5.41) is 21.7. The maximum atomic E-state index is 12.7. The zero-order chi connectivity index (χ0) is 21.0. The molecular weight excluding hydrogens is 399 g/mol. The molecule has 0 amide bonds. The average Bonchev–Trinajstić information content (AvgIpc) is 2.67. The standard InChI is InChI=1S/C16H16F3N5O5/c17-16(18,19)12-3-20-4-13(24-12)23-8-1-10(25)11(28-6-8)7-29-14-5-21-9(2-22-14)15(26)27/h2-5,8,10-11,25H,1,6-7H2,(H,23,24)(H,26,27)/t8-,10-,11-/m1/s1. The van der Waals surface area contributed by atoms with Crippen LogP contribution in [0.25, 0.3) is 0 Å². The number of ether oxygens (including phenoxy) is 2. The van der Waals surface area contributed by atoms with Gasteiger partial charge in [-0.25, -0.2) is 19.7 Å². The fourth-order valence-corrected chi connectivity index (χ4v) is 2.57. The van der Waals surface area contributed by atoms with Crippen molar-refractivity contribution in [3.8, 4) is 5.88 Å². The Morgan fingerprint density at radius 2 is 2.07 bits per heavy atom. The van der Waals surface area contributed by atoms with E-state index in [1.165, 1.54) is 0 Å². The van der Waals surface area contributed by atoms with Crippen LogP contribution in [0.1, 0.15) is 22.6 Å². The van der Waals surface area contributed by atoms with Gasteiger partial charge in [-0.3, -0.25) is 4.98 Å². The van der Waals surface area contributed by atoms with Crippen molar-refractivity contribution in [3.63, 3.8) is 0 Å². The quantitative estimate of drug-likeness (QED) is 0.626. The highest BCUT2D eigenvalue weighted by Crippen LogP contribution is 2.28. The van der Waals surface area contributed by atoms with Crippen molar-refractivity contribution < 1.29 is 37.7 Å². The van der Waals surface area contributed by atoms with Crippen LogP contribution in [0, 0.1) is 0 Å². The predicted octanol–water partition coefficient (Wildman–Crippen LogP) is 0.993. The van der Waals surface area contributed by atoms with Crippen molar-refractivity contribution in [2.24, 2.45) is 0 Å². The molecule has 0 unspecified atom stereocenters. The SMILES string of the molecule is O=C(O)c1cnc(OC[C@H]2OC[C@H](Nc3cncc(C(F)(F)F)n3)C[C@H]2O)cn1. The molecule has 0 spiro atoms. The zero-order valence-electron chi connectivity index (χ0n) is 14.7. The van der Waals surface area contributed by atoms with Crippen LogP contribution in [0.2, 0.25) is 0 Å². The van der Waals surface area contributed by atoms with Crippen molar-refractivity contribution in [2.75, 3.05) is 18.5 Å². The van der Waals surface area contributed by atoms with E-state index in [2.05, 4.69) is 25.3 Å². The first kappa shape index (κ1) is 20.7. The maximum absolute atomic E-state index is 12.7. The number of aromatic carboxylic acids is 1. The van der Waals surface area contributed by atoms with Gasteiger partial charge in [0.2, 0.25) is 5.88 Å². The van der Waals surface area contributed by atoms with Crippen molar-refractivity contribution in [2.45, 2.75) is 30.8 Å². The van der Waals surface area contributed by atoms with Gasteiger partial charge in [0.15, 0.2) is 11.4 Å². The number of rotatable bonds is 6. The van der Waals surface area contributed by atoms with E-state index < -0.39 is 36.1 Å². The first-order valence-corrected chi connectivity index (χ1v) is 8.36. The maximum Gasteiger partial charge on any atom is 0.434 e. The lowest BCUT2D eigenvalue weighted by Crippen LogP contribution is -2.46. The van der Waals surface area contributed by atoms with Crippen LogP contribution in [0.3, 0.4) is 0 Å². The molecule has 1 fully saturated rings. The third-order valence-electron chi connectivity index (χ3n) is 3.99. The summed E-state index contributed by atoms with van der Waals surface area (Å²) in [6.45, 7) is 0.0188. The van der Waals surface area contributed by atoms with Gasteiger partial charge in [0.1, 0.15) is 18.5 Å². The number of hydrogen-bond acceptors (Lipinski definition) is 9. The van der Waals surface area contributed by atoms with Crippen LogP contribution in [-0.4, -0.2) is 67.6 Å². The van der Waals surface area contributed by atoms with Crippen molar-refractivity contribution >= 4 is 11.8 Å². The first-order valence-electron chi connectivity index (χ1n) is 8.36. The zero-order valence-corrected chi connectivity index (χ0v) is 14.7. The molecule has 29 heavy (non-hydrogen) atoms. The summed E-state index contributed by atoms with van der Waals surface area (Å²) < 4.78 is 48.9. The number of nitrogens with one attached hydrogen (secondary N) is 1. The van der Waals surface area contributed by atoms with Crippen LogP contribution in [0.5, 0.6) is 5.88 Å². The molecule has 156 valence electrons. The number of carbonyl (C=O) groups is 1. The van der Waals surface area contributed by atoms with Crippen molar-refractivity contribution in [1.29, 1.82) is 0 Å². The Kier molecular flexibility index (Phi) is 6.08. The normalized spacial score (nSPS) is 22.1. The second-order valence-corrected chi connectivity index (χ2v) is 6.16. The summed E-state index contributed by atoms with van der Waals surface area (Å²) in [4.78, 5) is 25.1. The lowest BCUT2D eigenvalue weighted by molar-refractivity contribution is -0.141. The molecule has 1 aliphatic rings. The van der Waals surface area contributed by atoms with Crippen molar-refractivity contribution in [1.82, 2.24) is 19.9 Å². The molecular formula is C16H16F3N5O5. The number of aliphatic hydroxyl groups excluding tert-OH is 1. The average molecular weight is 415 g/mol. The predicted molar refractivity (Wildman–Crippen MR) is 89.3 cm³/mol. The van der Waals surface area contributed by atoms with E-state index in [1.807, 2.05) is 0 Å². The van der Waals surface area contributed by atoms with Gasteiger partial charge in [-0.15, -0.1) is 0 Å². The third-order valence-corrected chi connectivity index (χ3v) is 3.99. The van der Waals surface area contributed by atoms with E-state index in [0.717, 1.165) is 18.6 Å². The number of nitrogens with zero attached hydrogens (tertiary/aromatic N) is 4. The fraction of sp³-hybridized carbons (Fsp3) is 0.438. The first-order chi connectivity index (χ1) is 13.7. The number of carboxylic acids is 1. The molecule has 0 bridgehead atoms. The summed E-state index contributed by atoms with van der Waals surface area (Å²) in [7, 11) is 0. The number of aliphatic hydroxyl groups is 1. The molecule has 3 N–H and O–H groups in total. The molecule has 3 heterocycles. The molecule has 3 atom stereocenters. The van der Waals surface area contributed by atoms with Gasteiger partial charge in [-0.2, -0.15) is 13.2 Å². The number of alkyl halides is 3. The Bertz CT molecular complexity index is 852. The molecule has 1 saturated heterocycles. The van der Waals surface area contributed by atoms with Crippen LogP contribution < -0.4 is 10.1 Å². The lowest BCUT2D eigenvalue weighted by atomic mass is 10.0. The largest absolute Gasteiger partial charge is 0.476 e. The molecule has 0 saturated carbocycles. The number of carboxylic acid groups (broad SMARTS) is 1. The monoisotopic (exact) mass is 415 g/mol. The Morgan fingerprint density at radius 1 is 1.28 bits per heavy atom. The van der Waals surface area contributed by atoms with Crippen LogP contribution in [0.4, 0.5) is 19.0 Å². The summed E-state index contributed by atoms with van der Waals surface area (Å²) in [5.74, 6) is -1.24. The molecule has 2 aromatic rings. The van der Waals surface area contributed by atoms with Gasteiger partial charge in [-0.05, 0) is 6.42 Å². The smallest absolute Gasteiger partial charge is 0.434 e. The van der Waals surface area contributed by atoms with Crippen LogP contribution in [-0.2, 0) is 10.9 Å². The Morgan fingerprint density at radius 3 is 2.69 bits per heavy atom. The molecule has 10 nitrogen and oxygen atoms in total. The van der Waals surface area contributed by atoms with Gasteiger partial charge < -0.3 is 25.0 Å². The van der Waals surface area contributed by atoms with Crippen molar-refractivity contribution in [3.05, 3.63) is 36.2 Å². The van der Waals surface area contributed by atoms with Crippen LogP contribution >= 0.6 is 0 Å². The third kappa shape index (κ3) is 5.48. The minimum atomic E-state index is -4.61. The number of anilines is 1. The van der Waals surface area contributed by atoms with Gasteiger partial charge in [0, 0.05) is 0 Å². The van der Waals surface area contributed by atoms with Gasteiger partial charge in [0.25, 0.3) is 0 Å². The van der Waals surface area contributed by atoms with E-state index in [9.17, 15) is 23.1 Å². The second kappa shape index (κ2) is 8.53. The highest BCUT2D eigenvalue weighted by molar-refractivity contribution is 5.84. The summed E-state index contributed by atoms with van der Waals surface area (Å²) in [6, 6.07) is -0.478. The van der Waals surface area contributed by atoms with Gasteiger partial charge >= 0.3 is 12.1 Å². The Hall–Kier alpha value is -3.06. The Balaban J connectivity index is 1.51. The number of halogens is 3. The van der Waals surface area contributed by atoms with Gasteiger partial charge in [-0.1, -0.05) is 0 Å². The molecule has 1 aliphatic heterocycles. The fourth-order valence-electron chi connectivity index (χ4n) is 2.57. The summed E-state index contributed by atoms with van der Waals surface area (Å²) in [5.41, 5.74) is -1.36. The Labute approximate surface area is 161 Å². The van der Waals surface area contributed by atoms with Crippen LogP contribution in [0.15, 0.2) is 24.8 Å². The molecule has 3 rings (SSSR count). The molecule has 0 aliphatic carbocycles. The van der Waals surface area contributed by atoms with E-state index >= 15 is 0 Å². The summed E-state index contributed by atoms with van der Waals surface area (Å²) >= 11 is 0. The lowest BCUT2D eigenvalue weighted by Gasteiger charge is -2.33. The van der Waals surface area contributed by atoms with E-state index in [1.54, 1.807) is 0 Å². The van der Waals surface area contributed by atoms with Gasteiger partial charge in [0.05, 0.1) is 43.5 Å². The number of hydrogen-bond donors (Lipinski definition) is 3. The van der Waals surface area contributed by atoms with E-state index in [-0.39, 0.29) is 37.0 Å². The topological polar surface area (TPSA) is 140 Å². The second-order valence-electron chi connectivity index (χ2n) is 6.16.